The molecule has 142 valence electrons. The Morgan fingerprint density at radius 2 is 2.00 bits per heavy atom. The summed E-state index contributed by atoms with van der Waals surface area (Å²) in [4.78, 5) is 27.3. The van der Waals surface area contributed by atoms with E-state index in [9.17, 15) is 14.0 Å². The van der Waals surface area contributed by atoms with Gasteiger partial charge in [0, 0.05) is 12.3 Å². The Balaban J connectivity index is 1.88. The highest BCUT2D eigenvalue weighted by atomic mass is 35.5. The van der Waals surface area contributed by atoms with Crippen LogP contribution in [-0.2, 0) is 16.1 Å². The average Bonchev–Trinajstić information content (AvgIpc) is 2.63. The molecule has 2 aromatic rings. The molecule has 7 heteroatoms. The van der Waals surface area contributed by atoms with E-state index in [-0.39, 0.29) is 24.2 Å². The molecule has 0 bridgehead atoms. The second-order valence-corrected chi connectivity index (χ2v) is 8.15. The van der Waals surface area contributed by atoms with E-state index in [0.717, 1.165) is 11.1 Å². The molecule has 0 spiro atoms. The van der Waals surface area contributed by atoms with Gasteiger partial charge < -0.3 is 10.2 Å². The number of thioether (sulfide) groups is 1. The lowest BCUT2D eigenvalue weighted by molar-refractivity contribution is -0.142. The van der Waals surface area contributed by atoms with Gasteiger partial charge in [-0.2, -0.15) is 0 Å². The maximum absolute atomic E-state index is 13.2. The number of halogens is 2. The van der Waals surface area contributed by atoms with E-state index >= 15 is 0 Å². The topological polar surface area (TPSA) is 49.4 Å². The summed E-state index contributed by atoms with van der Waals surface area (Å²) in [7, 11) is 0. The van der Waals surface area contributed by atoms with Gasteiger partial charge in [0.25, 0.3) is 5.91 Å². The number of benzene rings is 2. The minimum atomic E-state index is -1.04. The van der Waals surface area contributed by atoms with Gasteiger partial charge in [-0.3, -0.25) is 9.59 Å². The van der Waals surface area contributed by atoms with Crippen molar-refractivity contribution in [2.45, 2.75) is 25.9 Å². The minimum Gasteiger partial charge on any atom is -0.322 e. The highest BCUT2D eigenvalue weighted by Crippen LogP contribution is 2.32. The molecule has 1 unspecified atom stereocenters. The number of para-hydroxylation sites is 1. The maximum Gasteiger partial charge on any atom is 0.250 e. The first-order valence-corrected chi connectivity index (χ1v) is 10.0. The van der Waals surface area contributed by atoms with Crippen LogP contribution < -0.4 is 5.32 Å². The molecule has 1 saturated heterocycles. The predicted molar refractivity (Wildman–Crippen MR) is 107 cm³/mol. The summed E-state index contributed by atoms with van der Waals surface area (Å²) in [6.45, 7) is 3.86. The van der Waals surface area contributed by atoms with Crippen molar-refractivity contribution in [2.24, 2.45) is 0 Å². The molecule has 0 aromatic heterocycles. The largest absolute Gasteiger partial charge is 0.322 e. The van der Waals surface area contributed by atoms with E-state index in [1.165, 1.54) is 23.9 Å². The molecule has 2 aromatic carbocycles. The lowest BCUT2D eigenvalue weighted by atomic mass is 9.98. The molecule has 0 saturated carbocycles. The monoisotopic (exact) mass is 406 g/mol. The zero-order valence-corrected chi connectivity index (χ0v) is 16.7. The summed E-state index contributed by atoms with van der Waals surface area (Å²) in [5.74, 6) is 0.0317. The van der Waals surface area contributed by atoms with E-state index in [2.05, 4.69) is 5.32 Å². The lowest BCUT2D eigenvalue weighted by Crippen LogP contribution is -2.61. The van der Waals surface area contributed by atoms with Gasteiger partial charge in [0.2, 0.25) is 5.91 Å². The molecule has 2 amide bonds. The average molecular weight is 407 g/mol. The third kappa shape index (κ3) is 4.12. The van der Waals surface area contributed by atoms with Gasteiger partial charge in [0.15, 0.2) is 0 Å². The van der Waals surface area contributed by atoms with Crippen LogP contribution >= 0.6 is 23.4 Å². The van der Waals surface area contributed by atoms with Crippen LogP contribution in [0.1, 0.15) is 18.1 Å². The van der Waals surface area contributed by atoms with Crippen molar-refractivity contribution in [3.05, 3.63) is 64.4 Å². The van der Waals surface area contributed by atoms with Gasteiger partial charge in [-0.05, 0) is 43.2 Å². The third-order valence-electron chi connectivity index (χ3n) is 4.71. The SMILES string of the molecule is Cc1cccc(Cl)c1NC(=O)C1(C)CSCC(=O)N1Cc1ccc(F)cc1. The van der Waals surface area contributed by atoms with Crippen LogP contribution in [0.2, 0.25) is 5.02 Å². The number of nitrogens with one attached hydrogen (secondary N) is 1. The van der Waals surface area contributed by atoms with Crippen molar-refractivity contribution in [1.82, 2.24) is 4.90 Å². The Bertz CT molecular complexity index is 855. The Kier molecular flexibility index (Phi) is 5.77. The van der Waals surface area contributed by atoms with Gasteiger partial charge in [-0.15, -0.1) is 11.8 Å². The van der Waals surface area contributed by atoms with Crippen LogP contribution in [0.25, 0.3) is 0 Å². The highest BCUT2D eigenvalue weighted by Gasteiger charge is 2.45. The van der Waals surface area contributed by atoms with Crippen molar-refractivity contribution < 1.29 is 14.0 Å². The quantitative estimate of drug-likeness (QED) is 0.825. The number of aryl methyl sites for hydroxylation is 1. The molecule has 0 aliphatic carbocycles. The van der Waals surface area contributed by atoms with Crippen LogP contribution in [0.3, 0.4) is 0 Å². The van der Waals surface area contributed by atoms with E-state index < -0.39 is 5.54 Å². The second-order valence-electron chi connectivity index (χ2n) is 6.76. The van der Waals surface area contributed by atoms with Crippen LogP contribution in [0.15, 0.2) is 42.5 Å². The molecule has 0 radical (unpaired) electrons. The van der Waals surface area contributed by atoms with Crippen molar-refractivity contribution >= 4 is 40.9 Å². The second kappa shape index (κ2) is 7.90. The first-order valence-electron chi connectivity index (χ1n) is 8.50. The van der Waals surface area contributed by atoms with E-state index in [1.54, 1.807) is 30.0 Å². The smallest absolute Gasteiger partial charge is 0.250 e. The summed E-state index contributed by atoms with van der Waals surface area (Å²) in [6, 6.07) is 11.3. The summed E-state index contributed by atoms with van der Waals surface area (Å²) < 4.78 is 13.2. The van der Waals surface area contributed by atoms with E-state index in [4.69, 9.17) is 11.6 Å². The fraction of sp³-hybridized carbons (Fsp3) is 0.300. The molecule has 27 heavy (non-hydrogen) atoms. The van der Waals surface area contributed by atoms with E-state index in [0.29, 0.717) is 22.2 Å². The first-order chi connectivity index (χ1) is 12.8. The maximum atomic E-state index is 13.2. The van der Waals surface area contributed by atoms with Crippen molar-refractivity contribution in [3.63, 3.8) is 0 Å². The number of hydrogen-bond donors (Lipinski definition) is 1. The van der Waals surface area contributed by atoms with E-state index in [1.807, 2.05) is 19.1 Å². The van der Waals surface area contributed by atoms with Gasteiger partial charge in [0.1, 0.15) is 11.4 Å². The number of rotatable bonds is 4. The molecule has 1 aliphatic rings. The Labute approximate surface area is 167 Å². The number of hydrogen-bond acceptors (Lipinski definition) is 3. The zero-order valence-electron chi connectivity index (χ0n) is 15.1. The Morgan fingerprint density at radius 1 is 1.30 bits per heavy atom. The summed E-state index contributed by atoms with van der Waals surface area (Å²) in [5.41, 5.74) is 1.12. The molecular weight excluding hydrogens is 387 g/mol. The summed E-state index contributed by atoms with van der Waals surface area (Å²) in [6.07, 6.45) is 0. The van der Waals surface area contributed by atoms with Gasteiger partial charge in [-0.25, -0.2) is 4.39 Å². The fourth-order valence-corrected chi connectivity index (χ4v) is 4.42. The highest BCUT2D eigenvalue weighted by molar-refractivity contribution is 8.00. The fourth-order valence-electron chi connectivity index (χ4n) is 3.03. The molecule has 1 fully saturated rings. The number of nitrogens with zero attached hydrogens (tertiary/aromatic N) is 1. The molecule has 3 rings (SSSR count). The molecular formula is C20H20ClFN2O2S. The molecule has 4 nitrogen and oxygen atoms in total. The van der Waals surface area contributed by atoms with Crippen LogP contribution in [0.4, 0.5) is 10.1 Å². The molecule has 1 aliphatic heterocycles. The Hall–Kier alpha value is -2.05. The summed E-state index contributed by atoms with van der Waals surface area (Å²) >= 11 is 7.66. The summed E-state index contributed by atoms with van der Waals surface area (Å²) in [5, 5.41) is 3.35. The lowest BCUT2D eigenvalue weighted by Gasteiger charge is -2.43. The normalized spacial score (nSPS) is 19.9. The molecule has 1 heterocycles. The van der Waals surface area contributed by atoms with Crippen LogP contribution in [0, 0.1) is 12.7 Å². The van der Waals surface area contributed by atoms with Gasteiger partial charge >= 0.3 is 0 Å². The number of anilines is 1. The number of carbonyl (C=O) groups is 2. The van der Waals surface area contributed by atoms with Gasteiger partial charge in [0.05, 0.1) is 16.5 Å². The number of carbonyl (C=O) groups excluding carboxylic acids is 2. The van der Waals surface area contributed by atoms with Crippen LogP contribution in [-0.4, -0.2) is 33.8 Å². The number of amides is 2. The minimum absolute atomic E-state index is 0.121. The molecule has 1 atom stereocenters. The molecule has 1 N–H and O–H groups in total. The van der Waals surface area contributed by atoms with Crippen LogP contribution in [0.5, 0.6) is 0 Å². The van der Waals surface area contributed by atoms with Gasteiger partial charge in [-0.1, -0.05) is 35.9 Å². The van der Waals surface area contributed by atoms with Crippen molar-refractivity contribution in [2.75, 3.05) is 16.8 Å². The van der Waals surface area contributed by atoms with Crippen molar-refractivity contribution in [3.8, 4) is 0 Å². The Morgan fingerprint density at radius 3 is 2.67 bits per heavy atom. The first kappa shape index (κ1) is 19.7. The van der Waals surface area contributed by atoms with Crippen molar-refractivity contribution in [1.29, 1.82) is 0 Å². The predicted octanol–water partition coefficient (Wildman–Crippen LogP) is 4.26. The third-order valence-corrected chi connectivity index (χ3v) is 6.24. The zero-order chi connectivity index (χ0) is 19.6. The standard InChI is InChI=1S/C20H20ClFN2O2S/c1-13-4-3-5-16(21)18(13)23-19(26)20(2)12-27-11-17(25)24(20)10-14-6-8-15(22)9-7-14/h3-9H,10-12H2,1-2H3,(H,23,26).